The van der Waals surface area contributed by atoms with Gasteiger partial charge >= 0.3 is 0 Å². The minimum absolute atomic E-state index is 0.182. The van der Waals surface area contributed by atoms with E-state index in [-0.39, 0.29) is 16.2 Å². The van der Waals surface area contributed by atoms with Crippen molar-refractivity contribution in [2.24, 2.45) is 0 Å². The molecule has 0 bridgehead atoms. The Bertz CT molecular complexity index is 704. The second-order valence-electron chi connectivity index (χ2n) is 3.84. The van der Waals surface area contributed by atoms with Gasteiger partial charge in [0.1, 0.15) is 0 Å². The summed E-state index contributed by atoms with van der Waals surface area (Å²) in [5, 5.41) is 0. The summed E-state index contributed by atoms with van der Waals surface area (Å²) in [7, 11) is -2.64. The standard InChI is InChI=1S/C11H12ClNO4S2/c1-3-5-9(2)13-19(16,17)11-7-4-6-10(8-11)18(12,14)15/h1,4,6-9,13H,5H2,2H3. The number of sulfonamides is 1. The van der Waals surface area contributed by atoms with E-state index >= 15 is 0 Å². The van der Waals surface area contributed by atoms with Crippen molar-refractivity contribution in [3.63, 3.8) is 0 Å². The monoisotopic (exact) mass is 321 g/mol. The molecule has 19 heavy (non-hydrogen) atoms. The molecule has 0 amide bonds. The molecule has 1 unspecified atom stereocenters. The molecule has 1 atom stereocenters. The molecule has 1 rings (SSSR count). The van der Waals surface area contributed by atoms with E-state index in [4.69, 9.17) is 17.1 Å². The van der Waals surface area contributed by atoms with Crippen molar-refractivity contribution in [1.29, 1.82) is 0 Å². The molecule has 0 aliphatic rings. The van der Waals surface area contributed by atoms with Crippen LogP contribution >= 0.6 is 10.7 Å². The van der Waals surface area contributed by atoms with Crippen molar-refractivity contribution in [2.75, 3.05) is 0 Å². The third-order valence-electron chi connectivity index (χ3n) is 2.18. The van der Waals surface area contributed by atoms with E-state index in [1.54, 1.807) is 6.92 Å². The van der Waals surface area contributed by atoms with Gasteiger partial charge in [-0.25, -0.2) is 21.6 Å². The molecule has 0 aliphatic heterocycles. The predicted molar refractivity (Wildman–Crippen MR) is 72.7 cm³/mol. The first kappa shape index (κ1) is 16.0. The molecule has 0 saturated heterocycles. The van der Waals surface area contributed by atoms with Gasteiger partial charge in [0.05, 0.1) is 9.79 Å². The van der Waals surface area contributed by atoms with Crippen LogP contribution in [0.4, 0.5) is 0 Å². The van der Waals surface area contributed by atoms with Gasteiger partial charge in [-0.2, -0.15) is 0 Å². The molecule has 0 spiro atoms. The maximum atomic E-state index is 12.0. The Hall–Kier alpha value is -1.07. The van der Waals surface area contributed by atoms with Crippen LogP contribution in [0.15, 0.2) is 34.1 Å². The average Bonchev–Trinajstić information content (AvgIpc) is 2.27. The minimum Gasteiger partial charge on any atom is -0.207 e. The molecule has 1 aromatic carbocycles. The molecule has 8 heteroatoms. The lowest BCUT2D eigenvalue weighted by Gasteiger charge is -2.12. The summed E-state index contributed by atoms with van der Waals surface area (Å²) in [5.74, 6) is 2.33. The second-order valence-corrected chi connectivity index (χ2v) is 8.12. The molecular formula is C11H12ClNO4S2. The fraction of sp³-hybridized carbons (Fsp3) is 0.273. The lowest BCUT2D eigenvalue weighted by atomic mass is 10.3. The van der Waals surface area contributed by atoms with Crippen LogP contribution in [0.1, 0.15) is 13.3 Å². The highest BCUT2D eigenvalue weighted by Gasteiger charge is 2.19. The number of nitrogens with one attached hydrogen (secondary N) is 1. The third kappa shape index (κ3) is 4.51. The summed E-state index contributed by atoms with van der Waals surface area (Å²) in [6, 6.07) is 4.33. The number of hydrogen-bond donors (Lipinski definition) is 1. The highest BCUT2D eigenvalue weighted by molar-refractivity contribution is 8.13. The number of terminal acetylenes is 1. The predicted octanol–water partition coefficient (Wildman–Crippen LogP) is 1.30. The maximum Gasteiger partial charge on any atom is 0.261 e. The zero-order valence-corrected chi connectivity index (χ0v) is 12.4. The molecule has 0 heterocycles. The first-order valence-electron chi connectivity index (χ1n) is 5.17. The average molecular weight is 322 g/mol. The minimum atomic E-state index is -3.98. The van der Waals surface area contributed by atoms with E-state index < -0.39 is 25.1 Å². The molecule has 0 fully saturated rings. The number of halogens is 1. The largest absolute Gasteiger partial charge is 0.261 e. The smallest absolute Gasteiger partial charge is 0.207 e. The highest BCUT2D eigenvalue weighted by Crippen LogP contribution is 2.19. The van der Waals surface area contributed by atoms with Crippen molar-refractivity contribution in [3.8, 4) is 12.3 Å². The quantitative estimate of drug-likeness (QED) is 0.655. The van der Waals surface area contributed by atoms with Crippen LogP contribution in [0.25, 0.3) is 0 Å². The van der Waals surface area contributed by atoms with Gasteiger partial charge in [0.25, 0.3) is 9.05 Å². The van der Waals surface area contributed by atoms with Crippen molar-refractivity contribution >= 4 is 29.8 Å². The van der Waals surface area contributed by atoms with E-state index in [2.05, 4.69) is 10.6 Å². The van der Waals surface area contributed by atoms with E-state index in [1.165, 1.54) is 18.2 Å². The van der Waals surface area contributed by atoms with Gasteiger partial charge in [0.2, 0.25) is 10.0 Å². The summed E-state index contributed by atoms with van der Waals surface area (Å²) in [6.07, 6.45) is 5.32. The van der Waals surface area contributed by atoms with Gasteiger partial charge in [-0.05, 0) is 25.1 Å². The van der Waals surface area contributed by atoms with E-state index in [0.29, 0.717) is 0 Å². The van der Waals surface area contributed by atoms with Gasteiger partial charge < -0.3 is 0 Å². The first-order valence-corrected chi connectivity index (χ1v) is 8.96. The Morgan fingerprint density at radius 2 is 1.89 bits per heavy atom. The second kappa shape index (κ2) is 5.92. The summed E-state index contributed by atoms with van der Waals surface area (Å²) < 4.78 is 48.6. The van der Waals surface area contributed by atoms with Crippen molar-refractivity contribution in [1.82, 2.24) is 4.72 Å². The molecule has 104 valence electrons. The van der Waals surface area contributed by atoms with Gasteiger partial charge in [-0.15, -0.1) is 12.3 Å². The fourth-order valence-electron chi connectivity index (χ4n) is 1.34. The van der Waals surface area contributed by atoms with Crippen LogP contribution < -0.4 is 4.72 Å². The molecule has 1 aromatic rings. The SMILES string of the molecule is C#CCC(C)NS(=O)(=O)c1cccc(S(=O)(=O)Cl)c1. The molecule has 0 saturated carbocycles. The van der Waals surface area contributed by atoms with Crippen molar-refractivity contribution in [2.45, 2.75) is 29.2 Å². The highest BCUT2D eigenvalue weighted by atomic mass is 35.7. The van der Waals surface area contributed by atoms with Crippen LogP contribution in [0.3, 0.4) is 0 Å². The molecule has 1 N–H and O–H groups in total. The molecule has 0 aliphatic carbocycles. The molecule has 0 aromatic heterocycles. The van der Waals surface area contributed by atoms with Gasteiger partial charge in [-0.1, -0.05) is 6.07 Å². The Morgan fingerprint density at radius 1 is 1.32 bits per heavy atom. The lowest BCUT2D eigenvalue weighted by molar-refractivity contribution is 0.563. The summed E-state index contributed by atoms with van der Waals surface area (Å²) in [6.45, 7) is 1.61. The number of rotatable bonds is 5. The molecule has 0 radical (unpaired) electrons. The lowest BCUT2D eigenvalue weighted by Crippen LogP contribution is -2.32. The Kier molecular flexibility index (Phi) is 4.98. The molecular weight excluding hydrogens is 310 g/mol. The Morgan fingerprint density at radius 3 is 2.42 bits per heavy atom. The first-order chi connectivity index (χ1) is 8.66. The summed E-state index contributed by atoms with van der Waals surface area (Å²) >= 11 is 0. The molecule has 5 nitrogen and oxygen atoms in total. The fourth-order valence-corrected chi connectivity index (χ4v) is 3.50. The van der Waals surface area contributed by atoms with Crippen molar-refractivity contribution < 1.29 is 16.8 Å². The number of hydrogen-bond acceptors (Lipinski definition) is 4. The maximum absolute atomic E-state index is 12.0. The topological polar surface area (TPSA) is 80.3 Å². The van der Waals surface area contributed by atoms with Crippen LogP contribution in [0, 0.1) is 12.3 Å². The normalized spacial score (nSPS) is 13.7. The zero-order chi connectivity index (χ0) is 14.7. The zero-order valence-electron chi connectivity index (χ0n) is 10.00. The van der Waals surface area contributed by atoms with Crippen LogP contribution in [0.2, 0.25) is 0 Å². The van der Waals surface area contributed by atoms with E-state index in [1.807, 2.05) is 0 Å². The summed E-state index contributed by atoms with van der Waals surface area (Å²) in [4.78, 5) is -0.459. The van der Waals surface area contributed by atoms with Crippen LogP contribution in [0.5, 0.6) is 0 Å². The van der Waals surface area contributed by atoms with Gasteiger partial charge in [-0.3, -0.25) is 0 Å². The van der Waals surface area contributed by atoms with E-state index in [0.717, 1.165) is 6.07 Å². The Labute approximate surface area is 117 Å². The van der Waals surface area contributed by atoms with Gasteiger partial charge in [0, 0.05) is 23.1 Å². The van der Waals surface area contributed by atoms with E-state index in [9.17, 15) is 16.8 Å². The van der Waals surface area contributed by atoms with Crippen molar-refractivity contribution in [3.05, 3.63) is 24.3 Å². The Balaban J connectivity index is 3.14. The van der Waals surface area contributed by atoms with Crippen LogP contribution in [-0.4, -0.2) is 22.9 Å². The van der Waals surface area contributed by atoms with Crippen LogP contribution in [-0.2, 0) is 19.1 Å². The number of benzene rings is 1. The third-order valence-corrected chi connectivity index (χ3v) is 5.12. The van der Waals surface area contributed by atoms with Gasteiger partial charge in [0.15, 0.2) is 0 Å². The summed E-state index contributed by atoms with van der Waals surface area (Å²) in [5.41, 5.74) is 0.